The Balaban J connectivity index is 2.55. The van der Waals surface area contributed by atoms with Crippen molar-refractivity contribution < 1.29 is 19.4 Å². The summed E-state index contributed by atoms with van der Waals surface area (Å²) in [6.45, 7) is 3.40. The lowest BCUT2D eigenvalue weighted by atomic mass is 10.0. The fraction of sp³-hybridized carbons (Fsp3) is 0.286. The van der Waals surface area contributed by atoms with E-state index >= 15 is 0 Å². The van der Waals surface area contributed by atoms with Crippen molar-refractivity contribution in [2.24, 2.45) is 0 Å². The molecule has 6 heteroatoms. The second-order valence-corrected chi connectivity index (χ2v) is 5.22. The smallest absolute Gasteiger partial charge is 0.337 e. The zero-order chi connectivity index (χ0) is 14.9. The van der Waals surface area contributed by atoms with Crippen molar-refractivity contribution in [3.8, 4) is 0 Å². The maximum atomic E-state index is 12.3. The Morgan fingerprint density at radius 1 is 1.40 bits per heavy atom. The molecule has 0 saturated carbocycles. The second-order valence-electron chi connectivity index (χ2n) is 4.43. The van der Waals surface area contributed by atoms with Crippen molar-refractivity contribution in [3.05, 3.63) is 40.6 Å². The van der Waals surface area contributed by atoms with Gasteiger partial charge in [-0.25, -0.2) is 4.79 Å². The van der Waals surface area contributed by atoms with E-state index in [0.29, 0.717) is 5.69 Å². The third kappa shape index (κ3) is 2.00. The highest BCUT2D eigenvalue weighted by Gasteiger charge is 2.55. The van der Waals surface area contributed by atoms with Crippen LogP contribution in [0.3, 0.4) is 0 Å². The molecule has 0 fully saturated rings. The molecule has 1 aliphatic rings. The number of nitrogens with zero attached hydrogens (tertiary/aromatic N) is 1. The number of hydrogen-bond donors (Lipinski definition) is 1. The summed E-state index contributed by atoms with van der Waals surface area (Å²) in [6, 6.07) is 8.67. The number of esters is 1. The first kappa shape index (κ1) is 14.6. The molecule has 0 radical (unpaired) electrons. The summed E-state index contributed by atoms with van der Waals surface area (Å²) in [7, 11) is 0. The van der Waals surface area contributed by atoms with Crippen LogP contribution in [-0.4, -0.2) is 29.1 Å². The summed E-state index contributed by atoms with van der Waals surface area (Å²) in [4.78, 5) is 25.7. The Kier molecular flexibility index (Phi) is 3.85. The Bertz CT molecular complexity index is 584. The number of rotatable bonds is 3. The number of carbonyl (C=O) groups is 2. The molecule has 0 aromatic heterocycles. The summed E-state index contributed by atoms with van der Waals surface area (Å²) in [5.41, 5.74) is -0.896. The van der Waals surface area contributed by atoms with E-state index in [1.54, 1.807) is 37.3 Å². The van der Waals surface area contributed by atoms with Crippen LogP contribution < -0.4 is 4.90 Å². The molecular weight excluding hydrogens is 326 g/mol. The first-order valence-corrected chi connectivity index (χ1v) is 6.90. The fourth-order valence-corrected chi connectivity index (χ4v) is 2.65. The zero-order valence-corrected chi connectivity index (χ0v) is 12.7. The van der Waals surface area contributed by atoms with E-state index in [1.165, 1.54) is 11.8 Å². The van der Waals surface area contributed by atoms with Crippen LogP contribution in [0.4, 0.5) is 5.69 Å². The van der Waals surface area contributed by atoms with Gasteiger partial charge in [-0.05, 0) is 41.9 Å². The molecule has 1 atom stereocenters. The number of halogens is 1. The fourth-order valence-electron chi connectivity index (χ4n) is 2.14. The van der Waals surface area contributed by atoms with Crippen molar-refractivity contribution in [1.82, 2.24) is 0 Å². The van der Waals surface area contributed by atoms with Gasteiger partial charge in [-0.2, -0.15) is 0 Å². The van der Waals surface area contributed by atoms with Crippen LogP contribution in [0.2, 0.25) is 0 Å². The predicted octanol–water partition coefficient (Wildman–Crippen LogP) is 2.52. The van der Waals surface area contributed by atoms with E-state index in [1.807, 2.05) is 0 Å². The molecule has 1 heterocycles. The second kappa shape index (κ2) is 5.28. The van der Waals surface area contributed by atoms with Crippen molar-refractivity contribution in [2.45, 2.75) is 19.4 Å². The largest absolute Gasteiger partial charge is 0.502 e. The normalized spacial score (nSPS) is 22.4. The summed E-state index contributed by atoms with van der Waals surface area (Å²) in [5.74, 6) is -1.73. The topological polar surface area (TPSA) is 66.8 Å². The van der Waals surface area contributed by atoms with Gasteiger partial charge in [0.05, 0.1) is 11.1 Å². The highest BCUT2D eigenvalue weighted by atomic mass is 79.9. The zero-order valence-electron chi connectivity index (χ0n) is 11.1. The van der Waals surface area contributed by atoms with Crippen LogP contribution in [0, 0.1) is 0 Å². The minimum absolute atomic E-state index is 0.109. The molecule has 1 aliphatic heterocycles. The molecule has 1 aromatic rings. The average molecular weight is 340 g/mol. The number of benzene rings is 1. The molecule has 0 bridgehead atoms. The number of amides is 1. The van der Waals surface area contributed by atoms with Crippen molar-refractivity contribution in [3.63, 3.8) is 0 Å². The molecule has 1 amide bonds. The lowest BCUT2D eigenvalue weighted by molar-refractivity contribution is -0.147. The molecule has 106 valence electrons. The van der Waals surface area contributed by atoms with Gasteiger partial charge in [-0.3, -0.25) is 9.69 Å². The first-order valence-electron chi connectivity index (χ1n) is 6.10. The Morgan fingerprint density at radius 3 is 2.55 bits per heavy atom. The number of aliphatic hydroxyl groups is 1. The number of carbonyl (C=O) groups excluding carboxylic acids is 2. The minimum Gasteiger partial charge on any atom is -0.502 e. The molecule has 0 aliphatic carbocycles. The van der Waals surface area contributed by atoms with Crippen LogP contribution in [0.5, 0.6) is 0 Å². The Hall–Kier alpha value is -1.82. The molecule has 0 spiro atoms. The van der Waals surface area contributed by atoms with Gasteiger partial charge in [0.15, 0.2) is 11.3 Å². The van der Waals surface area contributed by atoms with Crippen molar-refractivity contribution >= 4 is 33.5 Å². The van der Waals surface area contributed by atoms with Crippen LogP contribution >= 0.6 is 15.9 Å². The van der Waals surface area contributed by atoms with Crippen LogP contribution in [-0.2, 0) is 14.3 Å². The number of hydrogen-bond acceptors (Lipinski definition) is 4. The number of aliphatic hydroxyl groups excluding tert-OH is 1. The van der Waals surface area contributed by atoms with Crippen LogP contribution in [0.15, 0.2) is 40.6 Å². The van der Waals surface area contributed by atoms with E-state index in [2.05, 4.69) is 15.9 Å². The summed E-state index contributed by atoms with van der Waals surface area (Å²) >= 11 is 3.14. The summed E-state index contributed by atoms with van der Waals surface area (Å²) in [5, 5.41) is 9.88. The average Bonchev–Trinajstić information content (AvgIpc) is 2.62. The Labute approximate surface area is 125 Å². The van der Waals surface area contributed by atoms with Gasteiger partial charge in [-0.15, -0.1) is 0 Å². The molecule has 2 rings (SSSR count). The van der Waals surface area contributed by atoms with Crippen molar-refractivity contribution in [1.29, 1.82) is 0 Å². The van der Waals surface area contributed by atoms with E-state index in [4.69, 9.17) is 4.74 Å². The lowest BCUT2D eigenvalue weighted by Crippen LogP contribution is -2.52. The Morgan fingerprint density at radius 2 is 2.00 bits per heavy atom. The highest BCUT2D eigenvalue weighted by molar-refractivity contribution is 9.11. The summed E-state index contributed by atoms with van der Waals surface area (Å²) < 4.78 is 5.15. The SMILES string of the molecule is CCOC(=O)[C@@]1(C)C(Br)=C(O)C(=O)N1c1ccccc1. The van der Waals surface area contributed by atoms with E-state index in [9.17, 15) is 14.7 Å². The van der Waals surface area contributed by atoms with Gasteiger partial charge < -0.3 is 9.84 Å². The lowest BCUT2D eigenvalue weighted by Gasteiger charge is -2.33. The highest BCUT2D eigenvalue weighted by Crippen LogP contribution is 2.42. The first-order chi connectivity index (χ1) is 9.44. The van der Waals surface area contributed by atoms with Gasteiger partial charge in [0.2, 0.25) is 0 Å². The van der Waals surface area contributed by atoms with E-state index in [0.717, 1.165) is 0 Å². The molecule has 20 heavy (non-hydrogen) atoms. The third-order valence-corrected chi connectivity index (χ3v) is 4.32. The van der Waals surface area contributed by atoms with E-state index < -0.39 is 23.2 Å². The predicted molar refractivity (Wildman–Crippen MR) is 77.5 cm³/mol. The van der Waals surface area contributed by atoms with Crippen LogP contribution in [0.1, 0.15) is 13.8 Å². The standard InChI is InChI=1S/C14H14BrNO4/c1-3-20-13(19)14(2)11(15)10(17)12(18)16(14)9-7-5-4-6-8-9/h4-8,17H,3H2,1-2H3/t14-/m1/s1. The molecular formula is C14H14BrNO4. The third-order valence-electron chi connectivity index (χ3n) is 3.18. The number of anilines is 1. The van der Waals surface area contributed by atoms with Gasteiger partial charge in [-0.1, -0.05) is 18.2 Å². The van der Waals surface area contributed by atoms with Gasteiger partial charge in [0, 0.05) is 5.69 Å². The molecule has 5 nitrogen and oxygen atoms in total. The van der Waals surface area contributed by atoms with Gasteiger partial charge in [0.1, 0.15) is 0 Å². The monoisotopic (exact) mass is 339 g/mol. The number of para-hydroxylation sites is 1. The minimum atomic E-state index is -1.40. The van der Waals surface area contributed by atoms with Gasteiger partial charge >= 0.3 is 5.97 Å². The maximum Gasteiger partial charge on any atom is 0.337 e. The number of ether oxygens (including phenoxy) is 1. The van der Waals surface area contributed by atoms with E-state index in [-0.39, 0.29) is 11.1 Å². The maximum absolute atomic E-state index is 12.3. The quantitative estimate of drug-likeness (QED) is 0.859. The summed E-state index contributed by atoms with van der Waals surface area (Å²) in [6.07, 6.45) is 0. The molecule has 1 N–H and O–H groups in total. The van der Waals surface area contributed by atoms with Crippen LogP contribution in [0.25, 0.3) is 0 Å². The van der Waals surface area contributed by atoms with Crippen molar-refractivity contribution in [2.75, 3.05) is 11.5 Å². The molecule has 0 saturated heterocycles. The van der Waals surface area contributed by atoms with Gasteiger partial charge in [0.25, 0.3) is 5.91 Å². The molecule has 1 aromatic carbocycles. The molecule has 0 unspecified atom stereocenters.